The van der Waals surface area contributed by atoms with Gasteiger partial charge < -0.3 is 10.1 Å². The van der Waals surface area contributed by atoms with Gasteiger partial charge >= 0.3 is 0 Å². The second-order valence-electron chi connectivity index (χ2n) is 5.12. The van der Waals surface area contributed by atoms with Crippen LogP contribution in [0.5, 0.6) is 5.75 Å². The minimum Gasteiger partial charge on any atom is -0.493 e. The van der Waals surface area contributed by atoms with E-state index in [4.69, 9.17) is 4.74 Å². The molecule has 5 heteroatoms. The van der Waals surface area contributed by atoms with Gasteiger partial charge in [-0.2, -0.15) is 5.10 Å². The van der Waals surface area contributed by atoms with E-state index in [9.17, 15) is 0 Å². The van der Waals surface area contributed by atoms with Crippen molar-refractivity contribution in [2.24, 2.45) is 7.05 Å². The van der Waals surface area contributed by atoms with E-state index in [-0.39, 0.29) is 6.04 Å². The van der Waals surface area contributed by atoms with Crippen molar-refractivity contribution in [3.63, 3.8) is 0 Å². The van der Waals surface area contributed by atoms with Gasteiger partial charge in [-0.1, -0.05) is 35.0 Å². The zero-order valence-electron chi connectivity index (χ0n) is 13.0. The van der Waals surface area contributed by atoms with Crippen LogP contribution in [0.25, 0.3) is 0 Å². The molecule has 1 N–H and O–H groups in total. The van der Waals surface area contributed by atoms with Gasteiger partial charge in [0.1, 0.15) is 5.69 Å². The van der Waals surface area contributed by atoms with Crippen LogP contribution >= 0.6 is 15.9 Å². The van der Waals surface area contributed by atoms with Gasteiger partial charge in [-0.05, 0) is 37.1 Å². The van der Waals surface area contributed by atoms with E-state index < -0.39 is 0 Å². The maximum Gasteiger partial charge on any atom is 0.161 e. The van der Waals surface area contributed by atoms with Gasteiger partial charge in [0.05, 0.1) is 19.3 Å². The van der Waals surface area contributed by atoms with Crippen LogP contribution in [0.3, 0.4) is 0 Å². The van der Waals surface area contributed by atoms with Crippen LogP contribution in [0.2, 0.25) is 0 Å². The Morgan fingerprint density at radius 3 is 2.81 bits per heavy atom. The first-order valence-electron chi connectivity index (χ1n) is 7.13. The molecular weight excluding hydrogens is 330 g/mol. The molecule has 0 bridgehead atoms. The van der Waals surface area contributed by atoms with Crippen molar-refractivity contribution in [1.82, 2.24) is 15.1 Å². The SMILES string of the molecule is CCCNC(c1ccc(C)c(Br)c1)c1c(OC)cnn1C. The second-order valence-corrected chi connectivity index (χ2v) is 5.97. The van der Waals surface area contributed by atoms with E-state index in [0.29, 0.717) is 0 Å². The first kappa shape index (κ1) is 16.0. The molecule has 1 unspecified atom stereocenters. The van der Waals surface area contributed by atoms with Gasteiger partial charge in [0.25, 0.3) is 0 Å². The molecule has 1 heterocycles. The lowest BCUT2D eigenvalue weighted by Crippen LogP contribution is -2.25. The molecule has 2 rings (SSSR count). The molecule has 0 aliphatic rings. The first-order chi connectivity index (χ1) is 10.1. The monoisotopic (exact) mass is 351 g/mol. The molecule has 1 aromatic heterocycles. The molecule has 0 saturated carbocycles. The zero-order valence-corrected chi connectivity index (χ0v) is 14.6. The Labute approximate surface area is 134 Å². The molecular formula is C16H22BrN3O. The number of hydrogen-bond donors (Lipinski definition) is 1. The van der Waals surface area contributed by atoms with Crippen molar-refractivity contribution < 1.29 is 4.74 Å². The summed E-state index contributed by atoms with van der Waals surface area (Å²) in [5, 5.41) is 7.91. The average molecular weight is 352 g/mol. The summed E-state index contributed by atoms with van der Waals surface area (Å²) in [4.78, 5) is 0. The highest BCUT2D eigenvalue weighted by molar-refractivity contribution is 9.10. The van der Waals surface area contributed by atoms with Crippen LogP contribution < -0.4 is 10.1 Å². The van der Waals surface area contributed by atoms with Crippen LogP contribution in [0.4, 0.5) is 0 Å². The highest BCUT2D eigenvalue weighted by atomic mass is 79.9. The maximum absolute atomic E-state index is 5.47. The molecule has 0 fully saturated rings. The number of nitrogens with one attached hydrogen (secondary N) is 1. The minimum absolute atomic E-state index is 0.0595. The highest BCUT2D eigenvalue weighted by Gasteiger charge is 2.22. The van der Waals surface area contributed by atoms with Crippen molar-refractivity contribution >= 4 is 15.9 Å². The molecule has 0 aliphatic carbocycles. The fourth-order valence-corrected chi connectivity index (χ4v) is 2.76. The third kappa shape index (κ3) is 3.47. The fourth-order valence-electron chi connectivity index (χ4n) is 2.36. The van der Waals surface area contributed by atoms with Crippen molar-refractivity contribution in [2.45, 2.75) is 26.3 Å². The number of rotatable bonds is 6. The average Bonchev–Trinajstić information content (AvgIpc) is 2.84. The smallest absolute Gasteiger partial charge is 0.161 e. The number of nitrogens with zero attached hydrogens (tertiary/aromatic N) is 2. The van der Waals surface area contributed by atoms with Gasteiger partial charge in [-0.3, -0.25) is 4.68 Å². The van der Waals surface area contributed by atoms with Crippen LogP contribution in [-0.4, -0.2) is 23.4 Å². The van der Waals surface area contributed by atoms with Crippen molar-refractivity contribution in [3.05, 3.63) is 45.7 Å². The number of aromatic nitrogens is 2. The molecule has 0 radical (unpaired) electrons. The van der Waals surface area contributed by atoms with E-state index in [1.165, 1.54) is 11.1 Å². The molecule has 0 amide bonds. The third-order valence-corrected chi connectivity index (χ3v) is 4.42. The topological polar surface area (TPSA) is 39.1 Å². The van der Waals surface area contributed by atoms with E-state index in [2.05, 4.69) is 58.4 Å². The molecule has 21 heavy (non-hydrogen) atoms. The first-order valence-corrected chi connectivity index (χ1v) is 7.93. The summed E-state index contributed by atoms with van der Waals surface area (Å²) < 4.78 is 8.46. The van der Waals surface area contributed by atoms with Crippen LogP contribution in [0, 0.1) is 6.92 Å². The van der Waals surface area contributed by atoms with Gasteiger partial charge in [0.2, 0.25) is 0 Å². The maximum atomic E-state index is 5.47. The molecule has 2 aromatic rings. The van der Waals surface area contributed by atoms with Crippen LogP contribution in [0.15, 0.2) is 28.9 Å². The Morgan fingerprint density at radius 2 is 2.19 bits per heavy atom. The Morgan fingerprint density at radius 1 is 1.43 bits per heavy atom. The lowest BCUT2D eigenvalue weighted by Gasteiger charge is -2.21. The van der Waals surface area contributed by atoms with E-state index in [1.807, 2.05) is 11.7 Å². The van der Waals surface area contributed by atoms with Crippen LogP contribution in [-0.2, 0) is 7.05 Å². The van der Waals surface area contributed by atoms with E-state index in [1.54, 1.807) is 13.3 Å². The van der Waals surface area contributed by atoms with Crippen molar-refractivity contribution in [1.29, 1.82) is 0 Å². The predicted molar refractivity (Wildman–Crippen MR) is 88.8 cm³/mol. The predicted octanol–water partition coefficient (Wildman–Crippen LogP) is 3.59. The minimum atomic E-state index is 0.0595. The normalized spacial score (nSPS) is 12.4. The Balaban J connectivity index is 2.46. The molecule has 1 aromatic carbocycles. The Bertz CT molecular complexity index is 610. The second kappa shape index (κ2) is 7.09. The molecule has 0 aliphatic heterocycles. The van der Waals surface area contributed by atoms with Gasteiger partial charge in [0, 0.05) is 11.5 Å². The zero-order chi connectivity index (χ0) is 15.4. The fraction of sp³-hybridized carbons (Fsp3) is 0.438. The summed E-state index contributed by atoms with van der Waals surface area (Å²) in [6, 6.07) is 6.50. The largest absolute Gasteiger partial charge is 0.493 e. The number of aryl methyl sites for hydroxylation is 2. The standard InChI is InChI=1S/C16H22BrN3O/c1-5-8-18-15(12-7-6-11(2)13(17)9-12)16-14(21-4)10-19-20(16)3/h6-7,9-10,15,18H,5,8H2,1-4H3. The molecule has 4 nitrogen and oxygen atoms in total. The molecule has 1 atom stereocenters. The van der Waals surface area contributed by atoms with Crippen molar-refractivity contribution in [3.8, 4) is 5.75 Å². The number of hydrogen-bond acceptors (Lipinski definition) is 3. The number of ether oxygens (including phenoxy) is 1. The molecule has 0 saturated heterocycles. The van der Waals surface area contributed by atoms with E-state index in [0.717, 1.165) is 28.9 Å². The summed E-state index contributed by atoms with van der Waals surface area (Å²) in [5.74, 6) is 0.808. The molecule has 0 spiro atoms. The van der Waals surface area contributed by atoms with Crippen LogP contribution in [0.1, 0.15) is 36.2 Å². The van der Waals surface area contributed by atoms with Crippen molar-refractivity contribution in [2.75, 3.05) is 13.7 Å². The number of benzene rings is 1. The summed E-state index contributed by atoms with van der Waals surface area (Å²) in [7, 11) is 3.63. The summed E-state index contributed by atoms with van der Waals surface area (Å²) in [5.41, 5.74) is 3.47. The third-order valence-electron chi connectivity index (χ3n) is 3.57. The molecule has 114 valence electrons. The Hall–Kier alpha value is -1.33. The number of methoxy groups -OCH3 is 1. The lowest BCUT2D eigenvalue weighted by molar-refractivity contribution is 0.400. The quantitative estimate of drug-likeness (QED) is 0.864. The lowest BCUT2D eigenvalue weighted by atomic mass is 10.0. The summed E-state index contributed by atoms with van der Waals surface area (Å²) in [6.07, 6.45) is 2.84. The van der Waals surface area contributed by atoms with Gasteiger partial charge in [-0.25, -0.2) is 0 Å². The Kier molecular flexibility index (Phi) is 5.42. The van der Waals surface area contributed by atoms with E-state index >= 15 is 0 Å². The summed E-state index contributed by atoms with van der Waals surface area (Å²) in [6.45, 7) is 5.19. The highest BCUT2D eigenvalue weighted by Crippen LogP contribution is 2.31. The van der Waals surface area contributed by atoms with Gasteiger partial charge in [0.15, 0.2) is 5.75 Å². The van der Waals surface area contributed by atoms with Gasteiger partial charge in [-0.15, -0.1) is 0 Å². The number of halogens is 1. The summed E-state index contributed by atoms with van der Waals surface area (Å²) >= 11 is 3.62.